The van der Waals surface area contributed by atoms with Crippen molar-refractivity contribution in [3.63, 3.8) is 0 Å². The molecule has 14 heavy (non-hydrogen) atoms. The van der Waals surface area contributed by atoms with Crippen LogP contribution in [0.4, 0.5) is 4.39 Å². The van der Waals surface area contributed by atoms with Crippen molar-refractivity contribution in [2.45, 2.75) is 38.8 Å². The second-order valence-electron chi connectivity index (χ2n) is 5.67. The van der Waals surface area contributed by atoms with E-state index in [1.54, 1.807) is 0 Å². The predicted octanol–water partition coefficient (Wildman–Crippen LogP) is 3.58. The number of alkyl halides is 1. The minimum atomic E-state index is -0.459. The van der Waals surface area contributed by atoms with Crippen molar-refractivity contribution in [1.82, 2.24) is 0 Å². The molecular formula is C13H19F. The zero-order valence-corrected chi connectivity index (χ0v) is 8.83. The van der Waals surface area contributed by atoms with Crippen LogP contribution >= 0.6 is 0 Å². The average Bonchev–Trinajstić information content (AvgIpc) is 2.77. The lowest BCUT2D eigenvalue weighted by Crippen LogP contribution is -2.23. The molecule has 2 bridgehead atoms. The van der Waals surface area contributed by atoms with Gasteiger partial charge in [-0.2, -0.15) is 0 Å². The summed E-state index contributed by atoms with van der Waals surface area (Å²) in [5.74, 6) is 3.52. The standard InChI is InChI=1S/C13H19F/c1-8-2-3-9(4-8)12-6-11-5-10(12)7-13(11)14/h2-3,8-13H,4-7H2,1H3. The molecule has 6 unspecified atom stereocenters. The fourth-order valence-electron chi connectivity index (χ4n) is 4.01. The first-order valence-electron chi connectivity index (χ1n) is 6.06. The largest absolute Gasteiger partial charge is 0.247 e. The Labute approximate surface area is 85.6 Å². The third-order valence-electron chi connectivity index (χ3n) is 4.71. The number of hydrogen-bond donors (Lipinski definition) is 0. The van der Waals surface area contributed by atoms with Crippen LogP contribution in [0, 0.1) is 29.6 Å². The third kappa shape index (κ3) is 1.24. The molecule has 3 aliphatic rings. The molecule has 0 aromatic rings. The van der Waals surface area contributed by atoms with Crippen LogP contribution in [0.3, 0.4) is 0 Å². The van der Waals surface area contributed by atoms with Crippen LogP contribution in [0.2, 0.25) is 0 Å². The monoisotopic (exact) mass is 194 g/mol. The summed E-state index contributed by atoms with van der Waals surface area (Å²) in [6, 6.07) is 0. The molecule has 0 aromatic heterocycles. The summed E-state index contributed by atoms with van der Waals surface area (Å²) in [4.78, 5) is 0. The molecular weight excluding hydrogens is 175 g/mol. The van der Waals surface area contributed by atoms with E-state index in [-0.39, 0.29) is 0 Å². The highest BCUT2D eigenvalue weighted by molar-refractivity contribution is 5.07. The van der Waals surface area contributed by atoms with Crippen LogP contribution in [0.25, 0.3) is 0 Å². The third-order valence-corrected chi connectivity index (χ3v) is 4.71. The molecule has 0 aromatic carbocycles. The van der Waals surface area contributed by atoms with E-state index in [0.29, 0.717) is 5.92 Å². The molecule has 78 valence electrons. The van der Waals surface area contributed by atoms with Gasteiger partial charge >= 0.3 is 0 Å². The van der Waals surface area contributed by atoms with Crippen LogP contribution < -0.4 is 0 Å². The summed E-state index contributed by atoms with van der Waals surface area (Å²) in [7, 11) is 0. The van der Waals surface area contributed by atoms with Crippen molar-refractivity contribution in [3.05, 3.63) is 12.2 Å². The Morgan fingerprint density at radius 3 is 2.36 bits per heavy atom. The van der Waals surface area contributed by atoms with Crippen LogP contribution in [-0.2, 0) is 0 Å². The molecule has 0 saturated heterocycles. The predicted molar refractivity (Wildman–Crippen MR) is 55.6 cm³/mol. The van der Waals surface area contributed by atoms with Gasteiger partial charge in [0.15, 0.2) is 0 Å². The number of allylic oxidation sites excluding steroid dienone is 2. The van der Waals surface area contributed by atoms with Gasteiger partial charge in [0.05, 0.1) is 0 Å². The van der Waals surface area contributed by atoms with E-state index in [4.69, 9.17) is 0 Å². The minimum Gasteiger partial charge on any atom is -0.247 e. The number of fused-ring (bicyclic) bond motifs is 2. The highest BCUT2D eigenvalue weighted by atomic mass is 19.1. The van der Waals surface area contributed by atoms with Gasteiger partial charge in [0.2, 0.25) is 0 Å². The van der Waals surface area contributed by atoms with Crippen molar-refractivity contribution in [3.8, 4) is 0 Å². The van der Waals surface area contributed by atoms with E-state index in [0.717, 1.165) is 30.1 Å². The molecule has 6 atom stereocenters. The van der Waals surface area contributed by atoms with Gasteiger partial charge in [-0.05, 0) is 55.3 Å². The molecule has 2 saturated carbocycles. The van der Waals surface area contributed by atoms with Gasteiger partial charge in [-0.3, -0.25) is 0 Å². The topological polar surface area (TPSA) is 0 Å². The van der Waals surface area contributed by atoms with Crippen molar-refractivity contribution in [2.75, 3.05) is 0 Å². The van der Waals surface area contributed by atoms with Crippen LogP contribution in [0.15, 0.2) is 12.2 Å². The van der Waals surface area contributed by atoms with Gasteiger partial charge in [0.25, 0.3) is 0 Å². The number of hydrogen-bond acceptors (Lipinski definition) is 0. The highest BCUT2D eigenvalue weighted by Crippen LogP contribution is 2.54. The zero-order chi connectivity index (χ0) is 9.71. The summed E-state index contributed by atoms with van der Waals surface area (Å²) in [5.41, 5.74) is 0. The Bertz CT molecular complexity index is 256. The normalized spacial score (nSPS) is 55.9. The smallest absolute Gasteiger partial charge is 0.103 e. The first kappa shape index (κ1) is 8.94. The van der Waals surface area contributed by atoms with E-state index >= 15 is 0 Å². The summed E-state index contributed by atoms with van der Waals surface area (Å²) < 4.78 is 13.3. The Balaban J connectivity index is 1.69. The Kier molecular flexibility index (Phi) is 1.97. The van der Waals surface area contributed by atoms with E-state index in [1.165, 1.54) is 19.3 Å². The lowest BCUT2D eigenvalue weighted by molar-refractivity contribution is 0.165. The first-order valence-corrected chi connectivity index (χ1v) is 6.06. The van der Waals surface area contributed by atoms with Gasteiger partial charge in [-0.1, -0.05) is 19.1 Å². The summed E-state index contributed by atoms with van der Waals surface area (Å²) in [5, 5.41) is 0. The van der Waals surface area contributed by atoms with Crippen molar-refractivity contribution in [2.24, 2.45) is 29.6 Å². The molecule has 1 heteroatoms. The minimum absolute atomic E-state index is 0.425. The molecule has 0 amide bonds. The molecule has 2 fully saturated rings. The number of halogens is 1. The van der Waals surface area contributed by atoms with Gasteiger partial charge in [-0.15, -0.1) is 0 Å². The highest BCUT2D eigenvalue weighted by Gasteiger charge is 2.48. The first-order chi connectivity index (χ1) is 6.74. The molecule has 0 heterocycles. The van der Waals surface area contributed by atoms with Crippen LogP contribution in [0.5, 0.6) is 0 Å². The number of rotatable bonds is 1. The maximum Gasteiger partial charge on any atom is 0.103 e. The Morgan fingerprint density at radius 1 is 1.00 bits per heavy atom. The van der Waals surface area contributed by atoms with Crippen molar-refractivity contribution < 1.29 is 4.39 Å². The van der Waals surface area contributed by atoms with E-state index in [1.807, 2.05) is 0 Å². The summed E-state index contributed by atoms with van der Waals surface area (Å²) in [6.45, 7) is 2.29. The molecule has 0 radical (unpaired) electrons. The van der Waals surface area contributed by atoms with Crippen LogP contribution in [-0.4, -0.2) is 6.17 Å². The SMILES string of the molecule is CC1C=CC(C2CC3CC2CC3F)C1. The summed E-state index contributed by atoms with van der Waals surface area (Å²) >= 11 is 0. The van der Waals surface area contributed by atoms with E-state index < -0.39 is 6.17 Å². The Morgan fingerprint density at radius 2 is 1.86 bits per heavy atom. The molecule has 3 aliphatic carbocycles. The van der Waals surface area contributed by atoms with Gasteiger partial charge in [0.1, 0.15) is 6.17 Å². The lowest BCUT2D eigenvalue weighted by Gasteiger charge is -2.28. The van der Waals surface area contributed by atoms with Gasteiger partial charge in [-0.25, -0.2) is 4.39 Å². The second kappa shape index (κ2) is 3.08. The van der Waals surface area contributed by atoms with Crippen molar-refractivity contribution >= 4 is 0 Å². The average molecular weight is 194 g/mol. The maximum atomic E-state index is 13.3. The summed E-state index contributed by atoms with van der Waals surface area (Å²) in [6.07, 6.45) is 8.85. The fourth-order valence-corrected chi connectivity index (χ4v) is 4.01. The molecule has 3 rings (SSSR count). The van der Waals surface area contributed by atoms with E-state index in [2.05, 4.69) is 19.1 Å². The Hall–Kier alpha value is -0.330. The molecule has 0 spiro atoms. The molecule has 0 aliphatic heterocycles. The lowest BCUT2D eigenvalue weighted by atomic mass is 9.78. The molecule has 0 N–H and O–H groups in total. The maximum absolute atomic E-state index is 13.3. The second-order valence-corrected chi connectivity index (χ2v) is 5.67. The quantitative estimate of drug-likeness (QED) is 0.560. The van der Waals surface area contributed by atoms with Crippen LogP contribution in [0.1, 0.15) is 32.6 Å². The molecule has 0 nitrogen and oxygen atoms in total. The van der Waals surface area contributed by atoms with Gasteiger partial charge in [0, 0.05) is 0 Å². The zero-order valence-electron chi connectivity index (χ0n) is 8.83. The van der Waals surface area contributed by atoms with Gasteiger partial charge < -0.3 is 0 Å². The van der Waals surface area contributed by atoms with Crippen molar-refractivity contribution in [1.29, 1.82) is 0 Å². The fraction of sp³-hybridized carbons (Fsp3) is 0.846. The van der Waals surface area contributed by atoms with E-state index in [9.17, 15) is 4.39 Å².